The third-order valence-electron chi connectivity index (χ3n) is 2.21. The van der Waals surface area contributed by atoms with E-state index in [0.29, 0.717) is 5.02 Å². The van der Waals surface area contributed by atoms with Crippen LogP contribution in [0.5, 0.6) is 0 Å². The van der Waals surface area contributed by atoms with Gasteiger partial charge >= 0.3 is 0 Å². The molecule has 1 atom stereocenters. The second kappa shape index (κ2) is 5.72. The Morgan fingerprint density at radius 1 is 1.12 bits per heavy atom. The van der Waals surface area contributed by atoms with Crippen molar-refractivity contribution in [2.24, 2.45) is 5.73 Å². The molecule has 2 aromatic rings. The lowest BCUT2D eigenvalue weighted by atomic mass is 10.1. The standard InChI is InChI=1S/C11H7Br3ClNS/c12-6-1-5(2-7(15)3-6)10(16)9-4-8(13)11(14)17-9/h1-4,10H,16H2. The highest BCUT2D eigenvalue weighted by Gasteiger charge is 2.14. The van der Waals surface area contributed by atoms with Gasteiger partial charge in [-0.1, -0.05) is 27.5 Å². The lowest BCUT2D eigenvalue weighted by Gasteiger charge is -2.10. The normalized spacial score (nSPS) is 12.8. The van der Waals surface area contributed by atoms with Crippen LogP contribution in [0.15, 0.2) is 37.0 Å². The molecule has 0 amide bonds. The van der Waals surface area contributed by atoms with Gasteiger partial charge in [-0.2, -0.15) is 0 Å². The summed E-state index contributed by atoms with van der Waals surface area (Å²) in [6.07, 6.45) is 0. The second-order valence-corrected chi connectivity index (χ2v) is 8.06. The number of thiophene rings is 1. The molecule has 1 heterocycles. The van der Waals surface area contributed by atoms with Crippen LogP contribution in [-0.4, -0.2) is 0 Å². The van der Waals surface area contributed by atoms with E-state index in [9.17, 15) is 0 Å². The Balaban J connectivity index is 2.39. The van der Waals surface area contributed by atoms with E-state index in [4.69, 9.17) is 17.3 Å². The molecule has 1 unspecified atom stereocenters. The van der Waals surface area contributed by atoms with Crippen molar-refractivity contribution in [3.8, 4) is 0 Å². The summed E-state index contributed by atoms with van der Waals surface area (Å²) in [5.41, 5.74) is 7.22. The van der Waals surface area contributed by atoms with E-state index in [2.05, 4.69) is 47.8 Å². The van der Waals surface area contributed by atoms with Crippen LogP contribution in [0.3, 0.4) is 0 Å². The molecule has 0 aliphatic carbocycles. The van der Waals surface area contributed by atoms with Crippen molar-refractivity contribution >= 4 is 70.7 Å². The number of benzene rings is 1. The summed E-state index contributed by atoms with van der Waals surface area (Å²) < 4.78 is 3.00. The maximum absolute atomic E-state index is 6.23. The molecule has 17 heavy (non-hydrogen) atoms. The highest BCUT2D eigenvalue weighted by atomic mass is 79.9. The summed E-state index contributed by atoms with van der Waals surface area (Å²) in [6, 6.07) is 7.57. The second-order valence-electron chi connectivity index (χ2n) is 3.45. The first kappa shape index (κ1) is 14.0. The van der Waals surface area contributed by atoms with E-state index in [0.717, 1.165) is 23.2 Å². The third-order valence-corrected chi connectivity index (χ3v) is 6.23. The topological polar surface area (TPSA) is 26.0 Å². The highest BCUT2D eigenvalue weighted by Crippen LogP contribution is 2.37. The number of hydrogen-bond acceptors (Lipinski definition) is 2. The first-order chi connectivity index (χ1) is 7.97. The summed E-state index contributed by atoms with van der Waals surface area (Å²) in [4.78, 5) is 1.08. The van der Waals surface area contributed by atoms with Crippen molar-refractivity contribution in [3.63, 3.8) is 0 Å². The fourth-order valence-electron chi connectivity index (χ4n) is 1.44. The maximum atomic E-state index is 6.23. The first-order valence-electron chi connectivity index (χ1n) is 4.63. The van der Waals surface area contributed by atoms with E-state index in [1.54, 1.807) is 11.3 Å². The van der Waals surface area contributed by atoms with Gasteiger partial charge < -0.3 is 5.73 Å². The minimum atomic E-state index is -0.169. The van der Waals surface area contributed by atoms with E-state index in [1.807, 2.05) is 24.3 Å². The Morgan fingerprint density at radius 2 is 1.82 bits per heavy atom. The Kier molecular flexibility index (Phi) is 4.72. The third kappa shape index (κ3) is 3.33. The molecular weight excluding hydrogens is 453 g/mol. The summed E-state index contributed by atoms with van der Waals surface area (Å²) in [6.45, 7) is 0. The summed E-state index contributed by atoms with van der Waals surface area (Å²) in [7, 11) is 0. The number of rotatable bonds is 2. The molecule has 0 spiro atoms. The molecule has 90 valence electrons. The molecule has 1 nitrogen and oxygen atoms in total. The first-order valence-corrected chi connectivity index (χ1v) is 8.21. The Morgan fingerprint density at radius 3 is 2.35 bits per heavy atom. The van der Waals surface area contributed by atoms with Crippen LogP contribution < -0.4 is 5.73 Å². The zero-order valence-electron chi connectivity index (χ0n) is 8.38. The van der Waals surface area contributed by atoms with Gasteiger partial charge in [-0.3, -0.25) is 0 Å². The molecule has 0 aliphatic heterocycles. The zero-order valence-corrected chi connectivity index (χ0v) is 14.7. The van der Waals surface area contributed by atoms with Crippen molar-refractivity contribution in [1.29, 1.82) is 0 Å². The van der Waals surface area contributed by atoms with Gasteiger partial charge in [-0.25, -0.2) is 0 Å². The van der Waals surface area contributed by atoms with Crippen LogP contribution in [0.25, 0.3) is 0 Å². The van der Waals surface area contributed by atoms with Crippen molar-refractivity contribution < 1.29 is 0 Å². The van der Waals surface area contributed by atoms with Crippen molar-refractivity contribution in [2.75, 3.05) is 0 Å². The lowest BCUT2D eigenvalue weighted by molar-refractivity contribution is 0.892. The van der Waals surface area contributed by atoms with Crippen molar-refractivity contribution in [3.05, 3.63) is 52.5 Å². The van der Waals surface area contributed by atoms with Crippen LogP contribution in [0.2, 0.25) is 5.02 Å². The Labute approximate surface area is 134 Å². The predicted molar refractivity (Wildman–Crippen MR) is 84.9 cm³/mol. The quantitative estimate of drug-likeness (QED) is 0.608. The molecule has 1 aromatic carbocycles. The fraction of sp³-hybridized carbons (Fsp3) is 0.0909. The molecule has 6 heteroatoms. The van der Waals surface area contributed by atoms with E-state index < -0.39 is 0 Å². The summed E-state index contributed by atoms with van der Waals surface area (Å²) >= 11 is 18.0. The number of halogens is 4. The van der Waals surface area contributed by atoms with Gasteiger partial charge in [0.15, 0.2) is 0 Å². The molecule has 0 fully saturated rings. The van der Waals surface area contributed by atoms with Gasteiger partial charge in [-0.15, -0.1) is 11.3 Å². The molecule has 0 bridgehead atoms. The highest BCUT2D eigenvalue weighted by molar-refractivity contribution is 9.13. The predicted octanol–water partition coefficient (Wildman–Crippen LogP) is 5.74. The van der Waals surface area contributed by atoms with Crippen LogP contribution in [0, 0.1) is 0 Å². The molecule has 0 aliphatic rings. The smallest absolute Gasteiger partial charge is 0.0843 e. The van der Waals surface area contributed by atoms with Crippen LogP contribution in [-0.2, 0) is 0 Å². The molecule has 2 rings (SSSR count). The molecule has 1 aromatic heterocycles. The van der Waals surface area contributed by atoms with Crippen LogP contribution in [0.4, 0.5) is 0 Å². The van der Waals surface area contributed by atoms with Crippen LogP contribution in [0.1, 0.15) is 16.5 Å². The maximum Gasteiger partial charge on any atom is 0.0843 e. The molecular formula is C11H7Br3ClNS. The fourth-order valence-corrected chi connectivity index (χ4v) is 4.44. The average molecular weight is 460 g/mol. The average Bonchev–Trinajstić information content (AvgIpc) is 2.57. The summed E-state index contributed by atoms with van der Waals surface area (Å²) in [5, 5.41) is 0.680. The Bertz CT molecular complexity index is 516. The monoisotopic (exact) mass is 457 g/mol. The Hall–Kier alpha value is 0.610. The SMILES string of the molecule is NC(c1cc(Cl)cc(Br)c1)c1cc(Br)c(Br)s1. The van der Waals surface area contributed by atoms with Crippen molar-refractivity contribution in [2.45, 2.75) is 6.04 Å². The van der Waals surface area contributed by atoms with Gasteiger partial charge in [0.1, 0.15) is 0 Å². The summed E-state index contributed by atoms with van der Waals surface area (Å²) in [5.74, 6) is 0. The molecule has 0 saturated carbocycles. The molecule has 0 radical (unpaired) electrons. The molecule has 2 N–H and O–H groups in total. The largest absolute Gasteiger partial charge is 0.320 e. The van der Waals surface area contributed by atoms with Gasteiger partial charge in [-0.05, 0) is 61.7 Å². The number of nitrogens with two attached hydrogens (primary N) is 1. The van der Waals surface area contributed by atoms with Gasteiger partial charge in [0, 0.05) is 18.8 Å². The van der Waals surface area contributed by atoms with Gasteiger partial charge in [0.05, 0.1) is 9.83 Å². The lowest BCUT2D eigenvalue weighted by Crippen LogP contribution is -2.10. The molecule has 0 saturated heterocycles. The van der Waals surface area contributed by atoms with E-state index >= 15 is 0 Å². The van der Waals surface area contributed by atoms with E-state index in [1.165, 1.54) is 0 Å². The van der Waals surface area contributed by atoms with Crippen LogP contribution >= 0.6 is 70.7 Å². The number of hydrogen-bond donors (Lipinski definition) is 1. The minimum absolute atomic E-state index is 0.169. The van der Waals surface area contributed by atoms with Crippen molar-refractivity contribution in [1.82, 2.24) is 0 Å². The van der Waals surface area contributed by atoms with Gasteiger partial charge in [0.25, 0.3) is 0 Å². The van der Waals surface area contributed by atoms with Gasteiger partial charge in [0.2, 0.25) is 0 Å². The van der Waals surface area contributed by atoms with E-state index in [-0.39, 0.29) is 6.04 Å². The minimum Gasteiger partial charge on any atom is -0.320 e. The zero-order chi connectivity index (χ0) is 12.6.